The van der Waals surface area contributed by atoms with E-state index in [2.05, 4.69) is 37.7 Å². The van der Waals surface area contributed by atoms with Gasteiger partial charge in [-0.2, -0.15) is 9.64 Å². The van der Waals surface area contributed by atoms with Crippen molar-refractivity contribution in [1.82, 2.24) is 19.5 Å². The molecule has 1 aliphatic carbocycles. The zero-order valence-electron chi connectivity index (χ0n) is 18.5. The SMILES string of the molecule is CN(C)C(=O)NC1CCC(CCN2CCN(c3nsc4ccccc34)[C@H](C#N)C2)CC1. The number of nitriles is 1. The number of nitrogens with one attached hydrogen (secondary N) is 1. The van der Waals surface area contributed by atoms with E-state index in [1.165, 1.54) is 35.5 Å². The molecular weight excluding hydrogens is 408 g/mol. The molecule has 2 aliphatic rings. The van der Waals surface area contributed by atoms with Crippen LogP contribution in [0.25, 0.3) is 10.1 Å². The summed E-state index contributed by atoms with van der Waals surface area (Å²) in [6.45, 7) is 3.63. The number of aromatic nitrogens is 1. The lowest BCUT2D eigenvalue weighted by molar-refractivity contribution is 0.190. The van der Waals surface area contributed by atoms with E-state index in [9.17, 15) is 10.1 Å². The van der Waals surface area contributed by atoms with E-state index in [1.54, 1.807) is 19.0 Å². The van der Waals surface area contributed by atoms with Gasteiger partial charge in [-0.05, 0) is 68.2 Å². The van der Waals surface area contributed by atoms with E-state index in [1.807, 2.05) is 12.1 Å². The first-order valence-electron chi connectivity index (χ1n) is 11.3. The molecule has 1 atom stereocenters. The van der Waals surface area contributed by atoms with Gasteiger partial charge in [-0.25, -0.2) is 4.79 Å². The molecule has 0 radical (unpaired) electrons. The topological polar surface area (TPSA) is 75.5 Å². The minimum Gasteiger partial charge on any atom is -0.337 e. The number of piperazine rings is 1. The van der Waals surface area contributed by atoms with Gasteiger partial charge in [0.1, 0.15) is 6.04 Å². The quantitative estimate of drug-likeness (QED) is 0.770. The summed E-state index contributed by atoms with van der Waals surface area (Å²) in [5.41, 5.74) is 0. The number of urea groups is 1. The monoisotopic (exact) mass is 440 g/mol. The van der Waals surface area contributed by atoms with Crippen molar-refractivity contribution in [2.45, 2.75) is 44.2 Å². The van der Waals surface area contributed by atoms with Gasteiger partial charge >= 0.3 is 6.03 Å². The number of anilines is 1. The van der Waals surface area contributed by atoms with E-state index in [4.69, 9.17) is 0 Å². The average molecular weight is 441 g/mol. The second kappa shape index (κ2) is 9.84. The van der Waals surface area contributed by atoms with Crippen molar-refractivity contribution in [3.05, 3.63) is 24.3 Å². The maximum atomic E-state index is 11.8. The first-order chi connectivity index (χ1) is 15.0. The Hall–Kier alpha value is -2.37. The van der Waals surface area contributed by atoms with Gasteiger partial charge < -0.3 is 15.1 Å². The van der Waals surface area contributed by atoms with Crippen molar-refractivity contribution < 1.29 is 4.79 Å². The molecule has 8 heteroatoms. The van der Waals surface area contributed by atoms with E-state index in [-0.39, 0.29) is 12.1 Å². The maximum Gasteiger partial charge on any atom is 0.317 e. The molecule has 1 N–H and O–H groups in total. The molecule has 7 nitrogen and oxygen atoms in total. The summed E-state index contributed by atoms with van der Waals surface area (Å²) in [6.07, 6.45) is 5.65. The first-order valence-corrected chi connectivity index (χ1v) is 12.0. The van der Waals surface area contributed by atoms with E-state index >= 15 is 0 Å². The lowest BCUT2D eigenvalue weighted by Crippen LogP contribution is -2.53. The third-order valence-electron chi connectivity index (χ3n) is 6.68. The van der Waals surface area contributed by atoms with Crippen LogP contribution in [-0.2, 0) is 0 Å². The molecule has 2 heterocycles. The summed E-state index contributed by atoms with van der Waals surface area (Å²) in [4.78, 5) is 18.1. The number of amides is 2. The summed E-state index contributed by atoms with van der Waals surface area (Å²) in [5, 5.41) is 14.1. The number of fused-ring (bicyclic) bond motifs is 1. The Morgan fingerprint density at radius 3 is 2.77 bits per heavy atom. The smallest absolute Gasteiger partial charge is 0.317 e. The second-order valence-electron chi connectivity index (χ2n) is 8.99. The predicted molar refractivity (Wildman–Crippen MR) is 125 cm³/mol. The highest BCUT2D eigenvalue weighted by atomic mass is 32.1. The summed E-state index contributed by atoms with van der Waals surface area (Å²) in [5.74, 6) is 1.68. The molecule has 166 valence electrons. The van der Waals surface area contributed by atoms with Crippen LogP contribution >= 0.6 is 11.5 Å². The summed E-state index contributed by atoms with van der Waals surface area (Å²) in [7, 11) is 3.57. The minimum absolute atomic E-state index is 0.0109. The van der Waals surface area contributed by atoms with Crippen molar-refractivity contribution in [2.24, 2.45) is 5.92 Å². The van der Waals surface area contributed by atoms with E-state index in [0.717, 1.165) is 50.2 Å². The van der Waals surface area contributed by atoms with E-state index in [0.29, 0.717) is 12.0 Å². The van der Waals surface area contributed by atoms with Gasteiger partial charge in [0.2, 0.25) is 0 Å². The molecule has 1 aromatic carbocycles. The number of benzene rings is 1. The highest BCUT2D eigenvalue weighted by molar-refractivity contribution is 7.13. The van der Waals surface area contributed by atoms with Gasteiger partial charge in [-0.1, -0.05) is 12.1 Å². The van der Waals surface area contributed by atoms with Crippen LogP contribution < -0.4 is 10.2 Å². The lowest BCUT2D eigenvalue weighted by atomic mass is 9.84. The van der Waals surface area contributed by atoms with Gasteiger partial charge in [0.25, 0.3) is 0 Å². The number of hydrogen-bond acceptors (Lipinski definition) is 6. The van der Waals surface area contributed by atoms with Crippen molar-refractivity contribution >= 4 is 33.5 Å². The molecule has 0 spiro atoms. The van der Waals surface area contributed by atoms with Crippen LogP contribution in [0.2, 0.25) is 0 Å². The van der Waals surface area contributed by atoms with Gasteiger partial charge in [0, 0.05) is 45.2 Å². The molecule has 1 aliphatic heterocycles. The van der Waals surface area contributed by atoms with E-state index < -0.39 is 0 Å². The zero-order valence-corrected chi connectivity index (χ0v) is 19.3. The summed E-state index contributed by atoms with van der Waals surface area (Å²) in [6, 6.07) is 10.9. The molecule has 4 rings (SSSR count). The number of carbonyl (C=O) groups is 1. The average Bonchev–Trinajstić information content (AvgIpc) is 3.22. The Labute approximate surface area is 188 Å². The Kier molecular flexibility index (Phi) is 6.93. The molecule has 1 aromatic heterocycles. The molecule has 31 heavy (non-hydrogen) atoms. The molecule has 2 fully saturated rings. The molecule has 2 amide bonds. The standard InChI is InChI=1S/C23H32N6OS/c1-27(2)23(30)25-18-9-7-17(8-10-18)11-12-28-13-14-29(19(15-24)16-28)22-20-5-3-4-6-21(20)31-26-22/h3-6,17-19H,7-14,16H2,1-2H3,(H,25,30)/t17?,18?,19-/m1/s1. The number of rotatable bonds is 5. The van der Waals surface area contributed by atoms with Crippen molar-refractivity contribution in [3.8, 4) is 6.07 Å². The summed E-state index contributed by atoms with van der Waals surface area (Å²) >= 11 is 1.51. The number of hydrogen-bond donors (Lipinski definition) is 1. The van der Waals surface area contributed by atoms with Crippen LogP contribution in [0.1, 0.15) is 32.1 Å². The predicted octanol–water partition coefficient (Wildman–Crippen LogP) is 3.53. The van der Waals surface area contributed by atoms with Crippen molar-refractivity contribution in [1.29, 1.82) is 5.26 Å². The zero-order chi connectivity index (χ0) is 21.8. The van der Waals surface area contributed by atoms with Gasteiger partial charge in [-0.15, -0.1) is 0 Å². The van der Waals surface area contributed by atoms with Crippen LogP contribution in [0, 0.1) is 17.2 Å². The Morgan fingerprint density at radius 1 is 1.26 bits per heavy atom. The van der Waals surface area contributed by atoms with Crippen LogP contribution in [0.15, 0.2) is 24.3 Å². The van der Waals surface area contributed by atoms with Crippen LogP contribution in [0.5, 0.6) is 0 Å². The van der Waals surface area contributed by atoms with Crippen LogP contribution in [0.3, 0.4) is 0 Å². The normalized spacial score (nSPS) is 24.7. The molecule has 1 saturated heterocycles. The highest BCUT2D eigenvalue weighted by Crippen LogP contribution is 2.32. The molecular formula is C23H32N6OS. The van der Waals surface area contributed by atoms with Gasteiger partial charge in [0.05, 0.1) is 10.8 Å². The number of nitrogens with zero attached hydrogens (tertiary/aromatic N) is 5. The Bertz CT molecular complexity index is 930. The molecule has 0 unspecified atom stereocenters. The maximum absolute atomic E-state index is 11.8. The Balaban J connectivity index is 1.26. The molecule has 0 bridgehead atoms. The van der Waals surface area contributed by atoms with Crippen LogP contribution in [-0.4, -0.2) is 72.6 Å². The van der Waals surface area contributed by atoms with Crippen molar-refractivity contribution in [3.63, 3.8) is 0 Å². The molecule has 1 saturated carbocycles. The minimum atomic E-state index is -0.156. The third-order valence-corrected chi connectivity index (χ3v) is 7.50. The van der Waals surface area contributed by atoms with Gasteiger partial charge in [0.15, 0.2) is 5.82 Å². The van der Waals surface area contributed by atoms with Gasteiger partial charge in [-0.3, -0.25) is 4.90 Å². The lowest BCUT2D eigenvalue weighted by Gasteiger charge is -2.39. The fraction of sp³-hybridized carbons (Fsp3) is 0.609. The third kappa shape index (κ3) is 5.10. The van der Waals surface area contributed by atoms with Crippen molar-refractivity contribution in [2.75, 3.05) is 45.2 Å². The fourth-order valence-electron chi connectivity index (χ4n) is 4.75. The molecule has 2 aromatic rings. The Morgan fingerprint density at radius 2 is 2.03 bits per heavy atom. The highest BCUT2D eigenvalue weighted by Gasteiger charge is 2.30. The largest absolute Gasteiger partial charge is 0.337 e. The second-order valence-corrected chi connectivity index (χ2v) is 9.80. The van der Waals surface area contributed by atoms with Crippen LogP contribution in [0.4, 0.5) is 10.6 Å². The number of carbonyl (C=O) groups excluding carboxylic acids is 1. The summed E-state index contributed by atoms with van der Waals surface area (Å²) < 4.78 is 5.84. The first kappa shape index (κ1) is 21.8. The fourth-order valence-corrected chi connectivity index (χ4v) is 5.54.